The van der Waals surface area contributed by atoms with Crippen LogP contribution in [0.2, 0.25) is 0 Å². The summed E-state index contributed by atoms with van der Waals surface area (Å²) in [5.74, 6) is -1.19. The fourth-order valence-corrected chi connectivity index (χ4v) is 4.81. The monoisotopic (exact) mass is 358 g/mol. The Morgan fingerprint density at radius 1 is 0.769 bits per heavy atom. The maximum atomic E-state index is 13.3. The molecule has 3 aromatic rings. The Morgan fingerprint density at radius 3 is 1.81 bits per heavy atom. The topological polar surface area (TPSA) is 34.1 Å². The van der Waals surface area contributed by atoms with E-state index < -0.39 is 5.92 Å². The predicted octanol–water partition coefficient (Wildman–Crippen LogP) is 5.37. The molecule has 0 aromatic heterocycles. The number of carbonyl (C=O) groups excluding carboxylic acids is 2. The number of Topliss-reactive ketones (excluding diaryl/α,β-unsaturated/α-hetero) is 2. The van der Waals surface area contributed by atoms with Crippen LogP contribution in [0.1, 0.15) is 34.3 Å². The average molecular weight is 358 g/mol. The van der Waals surface area contributed by atoms with Gasteiger partial charge in [0.15, 0.2) is 5.78 Å². The van der Waals surface area contributed by atoms with Crippen molar-refractivity contribution in [2.24, 2.45) is 5.92 Å². The lowest BCUT2D eigenvalue weighted by Gasteiger charge is -2.32. The Balaban J connectivity index is 1.89. The molecule has 0 unspecified atom stereocenters. The minimum absolute atomic E-state index is 0.0969. The summed E-state index contributed by atoms with van der Waals surface area (Å²) in [5, 5.41) is 0. The highest BCUT2D eigenvalue weighted by atomic mass is 32.2. The van der Waals surface area contributed by atoms with Crippen LogP contribution in [0.5, 0.6) is 0 Å². The van der Waals surface area contributed by atoms with Gasteiger partial charge in [-0.1, -0.05) is 78.5 Å². The maximum absolute atomic E-state index is 13.3. The minimum atomic E-state index is -0.722. The fraction of sp³-hybridized carbons (Fsp3) is 0.130. The lowest BCUT2D eigenvalue weighted by atomic mass is 9.75. The third kappa shape index (κ3) is 2.89. The quantitative estimate of drug-likeness (QED) is 0.464. The average Bonchev–Trinajstić information content (AvgIpc) is 2.68. The summed E-state index contributed by atoms with van der Waals surface area (Å²) >= 11 is 1.70. The van der Waals surface area contributed by atoms with Gasteiger partial charge in [-0.25, -0.2) is 0 Å². The lowest BCUT2D eigenvalue weighted by Crippen LogP contribution is -2.31. The van der Waals surface area contributed by atoms with Gasteiger partial charge in [-0.2, -0.15) is 0 Å². The number of hydrogen-bond donors (Lipinski definition) is 0. The van der Waals surface area contributed by atoms with E-state index in [1.807, 2.05) is 54.6 Å². The van der Waals surface area contributed by atoms with E-state index in [0.717, 1.165) is 20.9 Å². The van der Waals surface area contributed by atoms with Crippen LogP contribution in [0.15, 0.2) is 88.7 Å². The smallest absolute Gasteiger partial charge is 0.174 e. The number of rotatable bonds is 4. The molecule has 0 amide bonds. The van der Waals surface area contributed by atoms with Gasteiger partial charge < -0.3 is 0 Å². The van der Waals surface area contributed by atoms with Gasteiger partial charge in [0.25, 0.3) is 0 Å². The second kappa shape index (κ2) is 6.93. The van der Waals surface area contributed by atoms with Gasteiger partial charge in [-0.3, -0.25) is 9.59 Å². The molecule has 3 aromatic carbocycles. The summed E-state index contributed by atoms with van der Waals surface area (Å²) in [6, 6.07) is 25.3. The van der Waals surface area contributed by atoms with Gasteiger partial charge in [-0.05, 0) is 30.2 Å². The molecule has 1 heterocycles. The molecule has 1 atom stereocenters. The summed E-state index contributed by atoms with van der Waals surface area (Å²) in [6.45, 7) is 1.53. The Morgan fingerprint density at radius 2 is 1.27 bits per heavy atom. The Labute approximate surface area is 157 Å². The number of fused-ring (bicyclic) bond motifs is 2. The summed E-state index contributed by atoms with van der Waals surface area (Å²) in [5.41, 5.74) is 2.70. The normalized spacial score (nSPS) is 14.2. The highest BCUT2D eigenvalue weighted by molar-refractivity contribution is 7.99. The molecular formula is C23H18O2S. The van der Waals surface area contributed by atoms with E-state index in [1.165, 1.54) is 6.92 Å². The molecule has 1 aliphatic heterocycles. The second-order valence-electron chi connectivity index (χ2n) is 6.47. The largest absolute Gasteiger partial charge is 0.299 e. The molecule has 0 fully saturated rings. The van der Waals surface area contributed by atoms with Crippen molar-refractivity contribution in [2.75, 3.05) is 0 Å². The minimum Gasteiger partial charge on any atom is -0.299 e. The second-order valence-corrected chi connectivity index (χ2v) is 7.56. The van der Waals surface area contributed by atoms with E-state index in [4.69, 9.17) is 0 Å². The highest BCUT2D eigenvalue weighted by Crippen LogP contribution is 2.49. The molecule has 0 aliphatic carbocycles. The van der Waals surface area contributed by atoms with Crippen molar-refractivity contribution in [1.82, 2.24) is 0 Å². The Bertz CT molecular complexity index is 933. The zero-order chi connectivity index (χ0) is 18.1. The van der Waals surface area contributed by atoms with Gasteiger partial charge in [0.2, 0.25) is 0 Å². The molecular weight excluding hydrogens is 340 g/mol. The zero-order valence-electron chi connectivity index (χ0n) is 14.4. The van der Waals surface area contributed by atoms with E-state index in [9.17, 15) is 9.59 Å². The van der Waals surface area contributed by atoms with Crippen LogP contribution < -0.4 is 0 Å². The summed E-state index contributed by atoms with van der Waals surface area (Å²) < 4.78 is 0. The first kappa shape index (κ1) is 16.8. The van der Waals surface area contributed by atoms with Gasteiger partial charge in [-0.15, -0.1) is 0 Å². The molecule has 0 saturated carbocycles. The fourth-order valence-electron chi connectivity index (χ4n) is 3.66. The molecule has 0 spiro atoms. The molecule has 26 heavy (non-hydrogen) atoms. The van der Waals surface area contributed by atoms with Crippen molar-refractivity contribution in [3.63, 3.8) is 0 Å². The molecule has 3 heteroatoms. The standard InChI is InChI=1S/C23H18O2S/c1-15(24)21(23(25)16-9-3-2-4-10-16)22-17-11-5-7-13-19(17)26-20-14-8-6-12-18(20)22/h2-14,21-22H,1H3/t21-/m1/s1. The third-order valence-corrected chi connectivity index (χ3v) is 6.02. The van der Waals surface area contributed by atoms with Crippen molar-refractivity contribution in [3.05, 3.63) is 95.6 Å². The lowest BCUT2D eigenvalue weighted by molar-refractivity contribution is -0.119. The van der Waals surface area contributed by atoms with E-state index >= 15 is 0 Å². The van der Waals surface area contributed by atoms with Crippen LogP contribution in [0.4, 0.5) is 0 Å². The number of benzene rings is 3. The van der Waals surface area contributed by atoms with Crippen molar-refractivity contribution >= 4 is 23.3 Å². The zero-order valence-corrected chi connectivity index (χ0v) is 15.2. The first-order valence-corrected chi connectivity index (χ1v) is 9.44. The van der Waals surface area contributed by atoms with E-state index in [1.54, 1.807) is 23.9 Å². The molecule has 1 aliphatic rings. The van der Waals surface area contributed by atoms with Gasteiger partial charge in [0, 0.05) is 21.3 Å². The van der Waals surface area contributed by atoms with Crippen molar-refractivity contribution < 1.29 is 9.59 Å². The van der Waals surface area contributed by atoms with Crippen LogP contribution in [0, 0.1) is 5.92 Å². The Kier molecular flexibility index (Phi) is 4.48. The first-order valence-electron chi connectivity index (χ1n) is 8.62. The summed E-state index contributed by atoms with van der Waals surface area (Å²) in [4.78, 5) is 28.2. The van der Waals surface area contributed by atoms with E-state index in [2.05, 4.69) is 12.1 Å². The molecule has 4 rings (SSSR count). The van der Waals surface area contributed by atoms with Crippen LogP contribution in [0.3, 0.4) is 0 Å². The number of hydrogen-bond acceptors (Lipinski definition) is 3. The van der Waals surface area contributed by atoms with Gasteiger partial charge in [0.1, 0.15) is 5.78 Å². The molecule has 0 N–H and O–H groups in total. The maximum Gasteiger partial charge on any atom is 0.174 e. The summed E-state index contributed by atoms with van der Waals surface area (Å²) in [6.07, 6.45) is 0. The predicted molar refractivity (Wildman–Crippen MR) is 104 cm³/mol. The molecule has 2 nitrogen and oxygen atoms in total. The highest BCUT2D eigenvalue weighted by Gasteiger charge is 2.39. The molecule has 0 bridgehead atoms. The summed E-state index contributed by atoms with van der Waals surface area (Å²) in [7, 11) is 0. The Hall–Kier alpha value is -2.65. The molecule has 0 radical (unpaired) electrons. The van der Waals surface area contributed by atoms with Gasteiger partial charge in [0.05, 0.1) is 5.92 Å². The van der Waals surface area contributed by atoms with E-state index in [0.29, 0.717) is 5.56 Å². The van der Waals surface area contributed by atoms with Gasteiger partial charge >= 0.3 is 0 Å². The first-order chi connectivity index (χ1) is 12.7. The van der Waals surface area contributed by atoms with Crippen molar-refractivity contribution in [1.29, 1.82) is 0 Å². The van der Waals surface area contributed by atoms with Crippen molar-refractivity contribution in [3.8, 4) is 0 Å². The van der Waals surface area contributed by atoms with Crippen LogP contribution in [-0.4, -0.2) is 11.6 Å². The third-order valence-electron chi connectivity index (χ3n) is 4.84. The molecule has 128 valence electrons. The number of ketones is 2. The van der Waals surface area contributed by atoms with Crippen LogP contribution in [-0.2, 0) is 4.79 Å². The van der Waals surface area contributed by atoms with E-state index in [-0.39, 0.29) is 17.5 Å². The SMILES string of the molecule is CC(=O)[C@@H](C(=O)c1ccccc1)C1c2ccccc2Sc2ccccc21. The van der Waals surface area contributed by atoms with Crippen molar-refractivity contribution in [2.45, 2.75) is 22.6 Å². The van der Waals surface area contributed by atoms with Crippen LogP contribution in [0.25, 0.3) is 0 Å². The number of carbonyl (C=O) groups is 2. The molecule has 0 saturated heterocycles. The van der Waals surface area contributed by atoms with Crippen LogP contribution >= 0.6 is 11.8 Å².